The zero-order valence-electron chi connectivity index (χ0n) is 9.72. The van der Waals surface area contributed by atoms with Gasteiger partial charge in [-0.05, 0) is 25.2 Å². The van der Waals surface area contributed by atoms with Crippen LogP contribution in [0.2, 0.25) is 0 Å². The van der Waals surface area contributed by atoms with Crippen LogP contribution >= 0.6 is 11.8 Å². The fourth-order valence-electron chi connectivity index (χ4n) is 1.89. The van der Waals surface area contributed by atoms with Crippen LogP contribution in [-0.4, -0.2) is 42.5 Å². The second-order valence-electron chi connectivity index (χ2n) is 3.86. The predicted molar refractivity (Wildman–Crippen MR) is 66.1 cm³/mol. The Morgan fingerprint density at radius 2 is 2.19 bits per heavy atom. The maximum absolute atomic E-state index is 5.37. The topological polar surface area (TPSA) is 38.2 Å². The Morgan fingerprint density at radius 1 is 1.44 bits per heavy atom. The first kappa shape index (κ1) is 11.7. The summed E-state index contributed by atoms with van der Waals surface area (Å²) >= 11 is 1.57. The first-order chi connectivity index (χ1) is 7.81. The molecule has 2 heterocycles. The molecular formula is C11H17N3OS. The maximum atomic E-state index is 5.37. The molecule has 16 heavy (non-hydrogen) atoms. The molecule has 1 saturated heterocycles. The molecular weight excluding hydrogens is 222 g/mol. The quantitative estimate of drug-likeness (QED) is 0.594. The van der Waals surface area contributed by atoms with Crippen LogP contribution in [0.15, 0.2) is 17.4 Å². The number of anilines is 1. The summed E-state index contributed by atoms with van der Waals surface area (Å²) in [5, 5.41) is 0.830. The Kier molecular flexibility index (Phi) is 4.01. The van der Waals surface area contributed by atoms with Crippen LogP contribution in [0.4, 0.5) is 5.82 Å². The molecule has 0 bridgehead atoms. The fourth-order valence-corrected chi connectivity index (χ4v) is 2.24. The van der Waals surface area contributed by atoms with Crippen molar-refractivity contribution in [1.82, 2.24) is 9.97 Å². The normalized spacial score (nSPS) is 17.4. The van der Waals surface area contributed by atoms with E-state index in [0.717, 1.165) is 37.0 Å². The fraction of sp³-hybridized carbons (Fsp3) is 0.636. The second kappa shape index (κ2) is 5.50. The average molecular weight is 239 g/mol. The van der Waals surface area contributed by atoms with Gasteiger partial charge in [-0.2, -0.15) is 0 Å². The molecule has 0 unspecified atom stereocenters. The van der Waals surface area contributed by atoms with E-state index in [-0.39, 0.29) is 0 Å². The Hall–Kier alpha value is -0.810. The lowest BCUT2D eigenvalue weighted by Gasteiger charge is -2.32. The minimum atomic E-state index is 0.540. The van der Waals surface area contributed by atoms with Crippen molar-refractivity contribution in [2.45, 2.75) is 24.0 Å². The molecule has 1 aliphatic heterocycles. The van der Waals surface area contributed by atoms with Crippen molar-refractivity contribution in [2.24, 2.45) is 0 Å². The number of hydrogen-bond acceptors (Lipinski definition) is 5. The molecule has 0 atom stereocenters. The lowest BCUT2D eigenvalue weighted by atomic mass is 10.1. The minimum absolute atomic E-state index is 0.540. The summed E-state index contributed by atoms with van der Waals surface area (Å²) in [4.78, 5) is 10.9. The molecule has 4 nitrogen and oxygen atoms in total. The molecule has 0 saturated carbocycles. The van der Waals surface area contributed by atoms with Gasteiger partial charge < -0.3 is 9.64 Å². The number of aromatic nitrogens is 2. The summed E-state index contributed by atoms with van der Waals surface area (Å²) in [5.41, 5.74) is 0. The van der Waals surface area contributed by atoms with Crippen LogP contribution in [0.5, 0.6) is 0 Å². The van der Waals surface area contributed by atoms with Crippen molar-refractivity contribution in [3.05, 3.63) is 12.3 Å². The summed E-state index contributed by atoms with van der Waals surface area (Å²) in [6, 6.07) is 2.51. The Balaban J connectivity index is 2.09. The van der Waals surface area contributed by atoms with E-state index in [2.05, 4.69) is 21.9 Å². The van der Waals surface area contributed by atoms with Gasteiger partial charge in [-0.3, -0.25) is 0 Å². The van der Waals surface area contributed by atoms with Gasteiger partial charge in [-0.25, -0.2) is 9.97 Å². The average Bonchev–Trinajstić information content (AvgIpc) is 2.39. The second-order valence-corrected chi connectivity index (χ2v) is 4.63. The highest BCUT2D eigenvalue weighted by Crippen LogP contribution is 2.20. The molecule has 0 radical (unpaired) electrons. The molecule has 1 aromatic heterocycles. The van der Waals surface area contributed by atoms with Gasteiger partial charge in [-0.15, -0.1) is 0 Å². The zero-order valence-corrected chi connectivity index (χ0v) is 10.5. The lowest BCUT2D eigenvalue weighted by molar-refractivity contribution is 0.0853. The Bertz CT molecular complexity index is 342. The van der Waals surface area contributed by atoms with Gasteiger partial charge >= 0.3 is 0 Å². The van der Waals surface area contributed by atoms with E-state index in [4.69, 9.17) is 4.74 Å². The standard InChI is InChI=1S/C11H17N3OS/c1-14(9-4-7-15-8-5-9)10-3-6-12-11(13-10)16-2/h3,6,9H,4-5,7-8H2,1-2H3. The molecule has 0 N–H and O–H groups in total. The van der Waals surface area contributed by atoms with E-state index in [1.807, 2.05) is 18.5 Å². The van der Waals surface area contributed by atoms with Crippen LogP contribution in [0.1, 0.15) is 12.8 Å². The predicted octanol–water partition coefficient (Wildman–Crippen LogP) is 1.81. The highest BCUT2D eigenvalue weighted by atomic mass is 32.2. The minimum Gasteiger partial charge on any atom is -0.381 e. The number of ether oxygens (including phenoxy) is 1. The van der Waals surface area contributed by atoms with Crippen molar-refractivity contribution in [2.75, 3.05) is 31.4 Å². The van der Waals surface area contributed by atoms with Crippen LogP contribution in [0.25, 0.3) is 0 Å². The summed E-state index contributed by atoms with van der Waals surface area (Å²) in [6.45, 7) is 1.71. The van der Waals surface area contributed by atoms with E-state index < -0.39 is 0 Å². The monoisotopic (exact) mass is 239 g/mol. The van der Waals surface area contributed by atoms with E-state index >= 15 is 0 Å². The molecule has 1 aromatic rings. The molecule has 0 aromatic carbocycles. The Labute approximate surface area is 100 Å². The molecule has 2 rings (SSSR count). The van der Waals surface area contributed by atoms with Crippen LogP contribution in [0, 0.1) is 0 Å². The van der Waals surface area contributed by atoms with Crippen LogP contribution in [0.3, 0.4) is 0 Å². The third kappa shape index (κ3) is 2.65. The zero-order chi connectivity index (χ0) is 11.4. The van der Waals surface area contributed by atoms with E-state index in [1.165, 1.54) is 0 Å². The SMILES string of the molecule is CSc1nccc(N(C)C2CCOCC2)n1. The molecule has 1 fully saturated rings. The number of hydrogen-bond donors (Lipinski definition) is 0. The number of nitrogens with zero attached hydrogens (tertiary/aromatic N) is 3. The number of thioether (sulfide) groups is 1. The van der Waals surface area contributed by atoms with E-state index in [0.29, 0.717) is 6.04 Å². The van der Waals surface area contributed by atoms with Crippen molar-refractivity contribution < 1.29 is 4.74 Å². The molecule has 1 aliphatic rings. The van der Waals surface area contributed by atoms with Crippen LogP contribution in [-0.2, 0) is 4.74 Å². The van der Waals surface area contributed by atoms with Gasteiger partial charge in [0.1, 0.15) is 5.82 Å². The Morgan fingerprint density at radius 3 is 2.88 bits per heavy atom. The highest BCUT2D eigenvalue weighted by Gasteiger charge is 2.19. The van der Waals surface area contributed by atoms with Gasteiger partial charge in [0.05, 0.1) is 0 Å². The third-order valence-electron chi connectivity index (χ3n) is 2.90. The summed E-state index contributed by atoms with van der Waals surface area (Å²) < 4.78 is 5.37. The molecule has 0 amide bonds. The first-order valence-electron chi connectivity index (χ1n) is 5.49. The van der Waals surface area contributed by atoms with Gasteiger partial charge in [0.2, 0.25) is 0 Å². The number of rotatable bonds is 3. The van der Waals surface area contributed by atoms with Gasteiger partial charge in [-0.1, -0.05) is 11.8 Å². The summed E-state index contributed by atoms with van der Waals surface area (Å²) in [6.07, 6.45) is 5.97. The van der Waals surface area contributed by atoms with Gasteiger partial charge in [0, 0.05) is 32.5 Å². The van der Waals surface area contributed by atoms with E-state index in [1.54, 1.807) is 11.8 Å². The van der Waals surface area contributed by atoms with Crippen molar-refractivity contribution in [3.63, 3.8) is 0 Å². The molecule has 0 aliphatic carbocycles. The lowest BCUT2D eigenvalue weighted by Crippen LogP contribution is -2.37. The summed E-state index contributed by atoms with van der Waals surface area (Å²) in [5.74, 6) is 1.01. The van der Waals surface area contributed by atoms with Crippen molar-refractivity contribution in [1.29, 1.82) is 0 Å². The highest BCUT2D eigenvalue weighted by molar-refractivity contribution is 7.98. The maximum Gasteiger partial charge on any atom is 0.189 e. The molecule has 88 valence electrons. The third-order valence-corrected chi connectivity index (χ3v) is 3.46. The van der Waals surface area contributed by atoms with Crippen molar-refractivity contribution in [3.8, 4) is 0 Å². The van der Waals surface area contributed by atoms with Crippen molar-refractivity contribution >= 4 is 17.6 Å². The van der Waals surface area contributed by atoms with Gasteiger partial charge in [0.15, 0.2) is 5.16 Å². The molecule has 5 heteroatoms. The van der Waals surface area contributed by atoms with Gasteiger partial charge in [0.25, 0.3) is 0 Å². The van der Waals surface area contributed by atoms with E-state index in [9.17, 15) is 0 Å². The first-order valence-corrected chi connectivity index (χ1v) is 6.71. The summed E-state index contributed by atoms with van der Waals surface area (Å²) in [7, 11) is 2.10. The molecule has 0 spiro atoms. The van der Waals surface area contributed by atoms with Crippen LogP contribution < -0.4 is 4.90 Å². The smallest absolute Gasteiger partial charge is 0.189 e. The largest absolute Gasteiger partial charge is 0.381 e.